The van der Waals surface area contributed by atoms with Gasteiger partial charge in [-0.05, 0) is 40.5 Å². The van der Waals surface area contributed by atoms with Gasteiger partial charge in [-0.25, -0.2) is 0 Å². The average Bonchev–Trinajstić information content (AvgIpc) is 3.07. The lowest BCUT2D eigenvalue weighted by molar-refractivity contribution is -0.142. The van der Waals surface area contributed by atoms with Crippen LogP contribution in [0.15, 0.2) is 66.7 Å². The maximum Gasteiger partial charge on any atom is 0.244 e. The third-order valence-corrected chi connectivity index (χ3v) is 7.61. The van der Waals surface area contributed by atoms with Gasteiger partial charge in [0.05, 0.1) is 22.5 Å². The molecule has 4 aliphatic rings. The highest BCUT2D eigenvalue weighted by Crippen LogP contribution is 2.60. The number of amides is 3. The number of nitrogens with one attached hydrogen (secondary N) is 1. The Morgan fingerprint density at radius 3 is 1.76 bits per heavy atom. The lowest BCUT2D eigenvalue weighted by Gasteiger charge is -2.45. The fourth-order valence-electron chi connectivity index (χ4n) is 5.82. The highest BCUT2D eigenvalue weighted by atomic mass is 35.5. The van der Waals surface area contributed by atoms with Gasteiger partial charge in [0, 0.05) is 16.9 Å². The van der Waals surface area contributed by atoms with Crippen LogP contribution < -0.4 is 5.32 Å². The molecule has 3 aliphatic carbocycles. The summed E-state index contributed by atoms with van der Waals surface area (Å²) in [6.45, 7) is -0.361. The van der Waals surface area contributed by atoms with Crippen LogP contribution in [0.5, 0.6) is 0 Å². The van der Waals surface area contributed by atoms with E-state index in [0.717, 1.165) is 27.2 Å². The van der Waals surface area contributed by atoms with Crippen LogP contribution in [0.2, 0.25) is 10.0 Å². The second-order valence-electron chi connectivity index (χ2n) is 8.70. The van der Waals surface area contributed by atoms with Gasteiger partial charge < -0.3 is 5.32 Å². The first kappa shape index (κ1) is 20.5. The first-order valence-corrected chi connectivity index (χ1v) is 11.5. The van der Waals surface area contributed by atoms with Crippen LogP contribution in [0.1, 0.15) is 34.1 Å². The predicted molar refractivity (Wildman–Crippen MR) is 125 cm³/mol. The average molecular weight is 477 g/mol. The van der Waals surface area contributed by atoms with Crippen LogP contribution in [-0.2, 0) is 14.4 Å². The minimum atomic E-state index is -0.505. The van der Waals surface area contributed by atoms with Crippen LogP contribution in [0.4, 0.5) is 5.69 Å². The molecule has 164 valence electrons. The zero-order chi connectivity index (χ0) is 22.9. The molecule has 1 heterocycles. The van der Waals surface area contributed by atoms with Crippen LogP contribution in [0.25, 0.3) is 0 Å². The molecular weight excluding hydrogens is 459 g/mol. The normalized spacial score (nSPS) is 24.4. The molecule has 33 heavy (non-hydrogen) atoms. The van der Waals surface area contributed by atoms with E-state index in [0.29, 0.717) is 15.7 Å². The van der Waals surface area contributed by atoms with E-state index in [-0.39, 0.29) is 30.2 Å². The lowest BCUT2D eigenvalue weighted by atomic mass is 9.55. The molecule has 1 fully saturated rings. The van der Waals surface area contributed by atoms with Gasteiger partial charge in [-0.3, -0.25) is 19.3 Å². The predicted octanol–water partition coefficient (Wildman–Crippen LogP) is 4.82. The Kier molecular flexibility index (Phi) is 4.61. The Morgan fingerprint density at radius 2 is 1.27 bits per heavy atom. The van der Waals surface area contributed by atoms with Crippen LogP contribution in [0.3, 0.4) is 0 Å². The van der Waals surface area contributed by atoms with Gasteiger partial charge in [-0.2, -0.15) is 0 Å². The number of nitrogens with zero attached hydrogens (tertiary/aromatic N) is 1. The lowest BCUT2D eigenvalue weighted by Crippen LogP contribution is -2.41. The first-order valence-electron chi connectivity index (χ1n) is 10.7. The van der Waals surface area contributed by atoms with Crippen LogP contribution in [-0.4, -0.2) is 29.2 Å². The van der Waals surface area contributed by atoms with E-state index in [1.165, 1.54) is 6.07 Å². The molecule has 1 saturated heterocycles. The van der Waals surface area contributed by atoms with Crippen molar-refractivity contribution in [1.82, 2.24) is 4.90 Å². The third kappa shape index (κ3) is 2.96. The molecule has 2 unspecified atom stereocenters. The Morgan fingerprint density at radius 1 is 0.788 bits per heavy atom. The van der Waals surface area contributed by atoms with Crippen molar-refractivity contribution >= 4 is 46.6 Å². The molecule has 0 spiro atoms. The molecule has 0 aromatic heterocycles. The van der Waals surface area contributed by atoms with Crippen molar-refractivity contribution in [2.75, 3.05) is 11.9 Å². The molecule has 0 saturated carbocycles. The van der Waals surface area contributed by atoms with E-state index in [9.17, 15) is 14.4 Å². The third-order valence-electron chi connectivity index (χ3n) is 7.04. The summed E-state index contributed by atoms with van der Waals surface area (Å²) < 4.78 is 0. The van der Waals surface area contributed by atoms with E-state index in [1.54, 1.807) is 12.1 Å². The van der Waals surface area contributed by atoms with Gasteiger partial charge >= 0.3 is 0 Å². The van der Waals surface area contributed by atoms with Crippen molar-refractivity contribution in [3.8, 4) is 0 Å². The fourth-order valence-corrected chi connectivity index (χ4v) is 6.16. The molecule has 3 aromatic rings. The highest BCUT2D eigenvalue weighted by Gasteiger charge is 2.61. The largest absolute Gasteiger partial charge is 0.323 e. The van der Waals surface area contributed by atoms with E-state index in [1.807, 2.05) is 48.5 Å². The van der Waals surface area contributed by atoms with E-state index >= 15 is 0 Å². The molecule has 3 amide bonds. The van der Waals surface area contributed by atoms with Gasteiger partial charge in [-0.15, -0.1) is 0 Å². The Bertz CT molecular complexity index is 1240. The van der Waals surface area contributed by atoms with Crippen LogP contribution in [0, 0.1) is 11.8 Å². The topological polar surface area (TPSA) is 66.5 Å². The molecule has 7 rings (SSSR count). The number of imide groups is 1. The van der Waals surface area contributed by atoms with Crippen LogP contribution >= 0.6 is 23.2 Å². The number of benzene rings is 3. The van der Waals surface area contributed by atoms with Gasteiger partial charge in [-0.1, -0.05) is 71.7 Å². The molecule has 0 radical (unpaired) electrons. The van der Waals surface area contributed by atoms with E-state index in [2.05, 4.69) is 5.32 Å². The SMILES string of the molecule is O=C(CN1C(=O)C2C3c4ccccc4C(c4ccccc43)C2C1=O)Nc1cc(Cl)ccc1Cl. The van der Waals surface area contributed by atoms with Crippen molar-refractivity contribution in [3.05, 3.63) is 99.0 Å². The number of hydrogen-bond donors (Lipinski definition) is 1. The van der Waals surface area contributed by atoms with Gasteiger partial charge in [0.15, 0.2) is 0 Å². The van der Waals surface area contributed by atoms with Gasteiger partial charge in [0.2, 0.25) is 17.7 Å². The van der Waals surface area contributed by atoms with Crippen molar-refractivity contribution in [2.24, 2.45) is 11.8 Å². The molecule has 2 atom stereocenters. The molecule has 3 aromatic carbocycles. The minimum Gasteiger partial charge on any atom is -0.323 e. The number of hydrogen-bond acceptors (Lipinski definition) is 3. The summed E-state index contributed by atoms with van der Waals surface area (Å²) in [6.07, 6.45) is 0. The number of halogens is 2. The summed E-state index contributed by atoms with van der Waals surface area (Å²) >= 11 is 12.1. The summed E-state index contributed by atoms with van der Waals surface area (Å²) in [5.74, 6) is -2.49. The summed E-state index contributed by atoms with van der Waals surface area (Å²) in [7, 11) is 0. The zero-order valence-corrected chi connectivity index (χ0v) is 18.8. The number of carbonyl (C=O) groups excluding carboxylic acids is 3. The molecule has 2 bridgehead atoms. The summed E-state index contributed by atoms with van der Waals surface area (Å²) in [4.78, 5) is 41.0. The zero-order valence-electron chi connectivity index (χ0n) is 17.3. The number of anilines is 1. The molecule has 1 aliphatic heterocycles. The number of likely N-dealkylation sites (tertiary alicyclic amines) is 1. The number of carbonyl (C=O) groups is 3. The minimum absolute atomic E-state index is 0.195. The molecule has 5 nitrogen and oxygen atoms in total. The monoisotopic (exact) mass is 476 g/mol. The Balaban J connectivity index is 1.34. The van der Waals surface area contributed by atoms with Gasteiger partial charge in [0.25, 0.3) is 0 Å². The molecule has 7 heteroatoms. The van der Waals surface area contributed by atoms with E-state index < -0.39 is 17.7 Å². The van der Waals surface area contributed by atoms with Crippen molar-refractivity contribution in [2.45, 2.75) is 11.8 Å². The van der Waals surface area contributed by atoms with Gasteiger partial charge in [0.1, 0.15) is 6.54 Å². The smallest absolute Gasteiger partial charge is 0.244 e. The maximum atomic E-state index is 13.5. The molecular formula is C26H18Cl2N2O3. The summed E-state index contributed by atoms with van der Waals surface area (Å²) in [5, 5.41) is 3.41. The summed E-state index contributed by atoms with van der Waals surface area (Å²) in [5.41, 5.74) is 4.73. The Labute approximate surface area is 200 Å². The van der Waals surface area contributed by atoms with E-state index in [4.69, 9.17) is 23.2 Å². The van der Waals surface area contributed by atoms with Crippen molar-refractivity contribution in [3.63, 3.8) is 0 Å². The maximum absolute atomic E-state index is 13.5. The summed E-state index contributed by atoms with van der Waals surface area (Å²) in [6, 6.07) is 20.8. The quantitative estimate of drug-likeness (QED) is 0.550. The fraction of sp³-hybridized carbons (Fsp3) is 0.192. The molecule has 1 N–H and O–H groups in total. The Hall–Kier alpha value is -3.15. The second-order valence-corrected chi connectivity index (χ2v) is 9.54. The highest BCUT2D eigenvalue weighted by molar-refractivity contribution is 6.35. The van der Waals surface area contributed by atoms with Crippen molar-refractivity contribution < 1.29 is 14.4 Å². The standard InChI is InChI=1S/C26H18Cl2N2O3/c27-13-9-10-18(28)19(11-13)29-20(31)12-30-25(32)23-21-14-5-1-2-6-15(14)22(24(23)26(30)33)17-8-4-3-7-16(17)21/h1-11,21-24H,12H2,(H,29,31). The first-order chi connectivity index (χ1) is 16.0. The second kappa shape index (κ2) is 7.44. The number of rotatable bonds is 3. The van der Waals surface area contributed by atoms with Crippen molar-refractivity contribution in [1.29, 1.82) is 0 Å².